The van der Waals surface area contributed by atoms with Gasteiger partial charge >= 0.3 is 0 Å². The third-order valence-corrected chi connectivity index (χ3v) is 11.8. The predicted octanol–water partition coefficient (Wildman–Crippen LogP) is 6.21. The maximum absolute atomic E-state index is 6.64. The second-order valence-electron chi connectivity index (χ2n) is 8.23. The summed E-state index contributed by atoms with van der Waals surface area (Å²) in [4.78, 5) is 8.05. The molecular weight excluding hydrogens is 352 g/mol. The second-order valence-corrected chi connectivity index (χ2v) is 13.7. The van der Waals surface area contributed by atoms with Gasteiger partial charge in [-0.1, -0.05) is 41.5 Å². The van der Waals surface area contributed by atoms with E-state index in [0.717, 1.165) is 42.3 Å². The fourth-order valence-corrected chi connectivity index (χ4v) is 9.89. The molecule has 0 spiro atoms. The number of ether oxygens (including phenoxy) is 1. The Labute approximate surface area is 165 Å². The average Bonchev–Trinajstić information content (AvgIpc) is 3.09. The van der Waals surface area contributed by atoms with Crippen LogP contribution in [0, 0.1) is 0 Å². The van der Waals surface area contributed by atoms with Gasteiger partial charge in [-0.3, -0.25) is 0 Å². The van der Waals surface area contributed by atoms with Gasteiger partial charge in [-0.05, 0) is 47.3 Å². The van der Waals surface area contributed by atoms with Crippen molar-refractivity contribution in [3.63, 3.8) is 0 Å². The molecule has 27 heavy (non-hydrogen) atoms. The van der Waals surface area contributed by atoms with Crippen LogP contribution >= 0.6 is 0 Å². The summed E-state index contributed by atoms with van der Waals surface area (Å²) in [7, 11) is -0.0851. The topological polar surface area (TPSA) is 47.1 Å². The SMILES string of the molecule is COc1ccc(-c2c[nH]c(CCCO[Si](C(C)C)(C(C)C)C(C)C)n2)cc1. The number of aromatic amines is 1. The molecule has 0 aliphatic rings. The lowest BCUT2D eigenvalue weighted by molar-refractivity contribution is 0.272. The molecule has 150 valence electrons. The third kappa shape index (κ3) is 5.02. The van der Waals surface area contributed by atoms with Gasteiger partial charge in [0.15, 0.2) is 8.32 Å². The highest BCUT2D eigenvalue weighted by molar-refractivity contribution is 6.77. The molecular formula is C22H36N2O2Si. The highest BCUT2D eigenvalue weighted by Crippen LogP contribution is 2.42. The van der Waals surface area contributed by atoms with Crippen molar-refractivity contribution >= 4 is 8.32 Å². The number of hydrogen-bond acceptors (Lipinski definition) is 3. The van der Waals surface area contributed by atoms with Crippen molar-refractivity contribution in [3.05, 3.63) is 36.3 Å². The van der Waals surface area contributed by atoms with Gasteiger partial charge in [0.2, 0.25) is 0 Å². The monoisotopic (exact) mass is 388 g/mol. The molecule has 5 heteroatoms. The zero-order valence-corrected chi connectivity index (χ0v) is 19.0. The zero-order valence-electron chi connectivity index (χ0n) is 18.0. The molecule has 0 aliphatic heterocycles. The van der Waals surface area contributed by atoms with Crippen LogP contribution in [0.25, 0.3) is 11.3 Å². The van der Waals surface area contributed by atoms with Crippen LogP contribution < -0.4 is 4.74 Å². The van der Waals surface area contributed by atoms with Crippen LogP contribution in [0.2, 0.25) is 16.6 Å². The number of imidazole rings is 1. The minimum Gasteiger partial charge on any atom is -0.497 e. The van der Waals surface area contributed by atoms with E-state index in [0.29, 0.717) is 16.6 Å². The summed E-state index contributed by atoms with van der Waals surface area (Å²) in [5.41, 5.74) is 3.96. The fourth-order valence-electron chi connectivity index (χ4n) is 4.39. The molecule has 4 nitrogen and oxygen atoms in total. The van der Waals surface area contributed by atoms with Crippen LogP contribution in [-0.2, 0) is 10.8 Å². The van der Waals surface area contributed by atoms with Gasteiger partial charge in [-0.25, -0.2) is 4.98 Å². The van der Waals surface area contributed by atoms with Gasteiger partial charge in [0, 0.05) is 24.8 Å². The number of hydrogen-bond donors (Lipinski definition) is 1. The third-order valence-electron chi connectivity index (χ3n) is 5.63. The summed E-state index contributed by atoms with van der Waals surface area (Å²) in [6.07, 6.45) is 3.89. The first-order valence-electron chi connectivity index (χ1n) is 10.1. The Kier molecular flexibility index (Phi) is 7.68. The normalized spacial score (nSPS) is 12.4. The molecule has 0 radical (unpaired) electrons. The molecule has 0 aliphatic carbocycles. The molecule has 0 bridgehead atoms. The highest BCUT2D eigenvalue weighted by atomic mass is 28.4. The second kappa shape index (κ2) is 9.56. The molecule has 1 N–H and O–H groups in total. The van der Waals surface area contributed by atoms with Crippen LogP contribution in [0.15, 0.2) is 30.5 Å². The van der Waals surface area contributed by atoms with E-state index in [9.17, 15) is 0 Å². The van der Waals surface area contributed by atoms with Crippen molar-refractivity contribution in [2.75, 3.05) is 13.7 Å². The predicted molar refractivity (Wildman–Crippen MR) is 116 cm³/mol. The number of H-pyrrole nitrogens is 1. The molecule has 0 amide bonds. The van der Waals surface area contributed by atoms with Gasteiger partial charge in [0.1, 0.15) is 11.6 Å². The van der Waals surface area contributed by atoms with Gasteiger partial charge in [0.25, 0.3) is 0 Å². The molecule has 1 aromatic heterocycles. The average molecular weight is 389 g/mol. The van der Waals surface area contributed by atoms with E-state index in [1.165, 1.54) is 0 Å². The van der Waals surface area contributed by atoms with E-state index >= 15 is 0 Å². The minimum atomic E-state index is -1.76. The molecule has 0 atom stereocenters. The fraction of sp³-hybridized carbons (Fsp3) is 0.591. The summed E-state index contributed by atoms with van der Waals surface area (Å²) >= 11 is 0. The first-order valence-corrected chi connectivity index (χ1v) is 12.3. The number of nitrogens with one attached hydrogen (secondary N) is 1. The Morgan fingerprint density at radius 1 is 0.963 bits per heavy atom. The number of methoxy groups -OCH3 is 1. The molecule has 0 saturated heterocycles. The summed E-state index contributed by atoms with van der Waals surface area (Å²) < 4.78 is 11.9. The zero-order chi connectivity index (χ0) is 20.0. The maximum atomic E-state index is 6.64. The molecule has 0 fully saturated rings. The number of aromatic nitrogens is 2. The van der Waals surface area contributed by atoms with Crippen LogP contribution in [-0.4, -0.2) is 32.0 Å². The number of rotatable bonds is 10. The molecule has 0 unspecified atom stereocenters. The van der Waals surface area contributed by atoms with Crippen molar-refractivity contribution in [1.29, 1.82) is 0 Å². The van der Waals surface area contributed by atoms with Crippen LogP contribution in [0.4, 0.5) is 0 Å². The number of benzene rings is 1. The van der Waals surface area contributed by atoms with E-state index in [2.05, 4.69) is 46.5 Å². The smallest absolute Gasteiger partial charge is 0.200 e. The van der Waals surface area contributed by atoms with Crippen LogP contribution in [0.1, 0.15) is 53.8 Å². The lowest BCUT2D eigenvalue weighted by atomic mass is 10.2. The standard InChI is InChI=1S/C22H36N2O2Si/c1-16(2)27(17(3)4,18(5)6)26-14-8-9-22-23-15-21(24-22)19-10-12-20(25-7)13-11-19/h10-13,15-18H,8-9,14H2,1-7H3,(H,23,24). The van der Waals surface area contributed by atoms with Gasteiger partial charge in [-0.2, -0.15) is 0 Å². The molecule has 2 rings (SSSR count). The Hall–Kier alpha value is -1.59. The summed E-state index contributed by atoms with van der Waals surface area (Å²) in [5, 5.41) is 0. The Morgan fingerprint density at radius 3 is 2.07 bits per heavy atom. The largest absolute Gasteiger partial charge is 0.497 e. The number of aryl methyl sites for hydroxylation is 1. The van der Waals surface area contributed by atoms with E-state index < -0.39 is 8.32 Å². The summed E-state index contributed by atoms with van der Waals surface area (Å²) in [6.45, 7) is 14.8. The Balaban J connectivity index is 1.93. The first-order chi connectivity index (χ1) is 12.8. The van der Waals surface area contributed by atoms with Crippen molar-refractivity contribution in [2.45, 2.75) is 71.0 Å². The Bertz CT molecular complexity index is 671. The molecule has 2 aromatic rings. The van der Waals surface area contributed by atoms with E-state index in [4.69, 9.17) is 14.1 Å². The van der Waals surface area contributed by atoms with Gasteiger partial charge in [-0.15, -0.1) is 0 Å². The Morgan fingerprint density at radius 2 is 1.56 bits per heavy atom. The van der Waals surface area contributed by atoms with Crippen molar-refractivity contribution in [1.82, 2.24) is 9.97 Å². The molecule has 1 aromatic carbocycles. The molecule has 0 saturated carbocycles. The van der Waals surface area contributed by atoms with Gasteiger partial charge in [0.05, 0.1) is 12.8 Å². The van der Waals surface area contributed by atoms with Crippen molar-refractivity contribution in [3.8, 4) is 17.0 Å². The first kappa shape index (κ1) is 21.7. The van der Waals surface area contributed by atoms with E-state index in [1.807, 2.05) is 30.5 Å². The molecule has 1 heterocycles. The minimum absolute atomic E-state index is 0.628. The van der Waals surface area contributed by atoms with Crippen molar-refractivity contribution < 1.29 is 9.16 Å². The van der Waals surface area contributed by atoms with Crippen LogP contribution in [0.5, 0.6) is 5.75 Å². The summed E-state index contributed by atoms with van der Waals surface area (Å²) in [5.74, 6) is 1.88. The lowest BCUT2D eigenvalue weighted by Gasteiger charge is -2.42. The highest BCUT2D eigenvalue weighted by Gasteiger charge is 2.44. The van der Waals surface area contributed by atoms with Crippen molar-refractivity contribution in [2.24, 2.45) is 0 Å². The maximum Gasteiger partial charge on any atom is 0.200 e. The summed E-state index contributed by atoms with van der Waals surface area (Å²) in [6, 6.07) is 8.00. The van der Waals surface area contributed by atoms with Crippen LogP contribution in [0.3, 0.4) is 0 Å². The van der Waals surface area contributed by atoms with E-state index in [1.54, 1.807) is 7.11 Å². The van der Waals surface area contributed by atoms with E-state index in [-0.39, 0.29) is 0 Å². The lowest BCUT2D eigenvalue weighted by Crippen LogP contribution is -2.48. The number of nitrogens with zero attached hydrogens (tertiary/aromatic N) is 1. The van der Waals surface area contributed by atoms with Gasteiger partial charge < -0.3 is 14.1 Å². The quantitative estimate of drug-likeness (QED) is 0.389.